The van der Waals surface area contributed by atoms with Gasteiger partial charge in [0.05, 0.1) is 0 Å². The average molecular weight is 486 g/mol. The summed E-state index contributed by atoms with van der Waals surface area (Å²) in [5, 5.41) is 18.7. The lowest BCUT2D eigenvalue weighted by Crippen LogP contribution is -2.54. The lowest BCUT2D eigenvalue weighted by molar-refractivity contribution is -0.376. The minimum absolute atomic E-state index is 0.169. The van der Waals surface area contributed by atoms with Crippen LogP contribution in [0, 0.1) is 0 Å². The van der Waals surface area contributed by atoms with E-state index in [-0.39, 0.29) is 18.2 Å². The zero-order chi connectivity index (χ0) is 25.0. The molecular weight excluding hydrogens is 476 g/mol. The minimum atomic E-state index is -6.20. The van der Waals surface area contributed by atoms with Crippen molar-refractivity contribution < 1.29 is 62.9 Å². The van der Waals surface area contributed by atoms with Crippen LogP contribution in [0.2, 0.25) is 0 Å². The van der Waals surface area contributed by atoms with Crippen LogP contribution in [0.25, 0.3) is 11.1 Å². The summed E-state index contributed by atoms with van der Waals surface area (Å²) in [6.07, 6.45) is -24.8. The molecule has 0 amide bonds. The normalized spacial score (nSPS) is 14.6. The molecule has 14 heteroatoms. The number of benzene rings is 2. The Bertz CT molecular complexity index is 924. The first-order chi connectivity index (χ1) is 14.2. The second kappa shape index (κ2) is 7.54. The van der Waals surface area contributed by atoms with E-state index in [4.69, 9.17) is 0 Å². The van der Waals surface area contributed by atoms with Gasteiger partial charge in [-0.05, 0) is 17.2 Å². The van der Waals surface area contributed by atoms with Crippen LogP contribution in [0.15, 0.2) is 48.5 Å². The third-order valence-corrected chi connectivity index (χ3v) is 4.56. The number of rotatable bonds is 3. The summed E-state index contributed by atoms with van der Waals surface area (Å²) in [5.41, 5.74) is -14.8. The summed E-state index contributed by atoms with van der Waals surface area (Å²) in [4.78, 5) is 0. The molecule has 178 valence electrons. The van der Waals surface area contributed by atoms with Gasteiger partial charge in [0.1, 0.15) is 0 Å². The Morgan fingerprint density at radius 1 is 0.438 bits per heavy atom. The Morgan fingerprint density at radius 2 is 0.812 bits per heavy atom. The Hall–Kier alpha value is -2.48. The number of aliphatic hydroxyl groups is 2. The van der Waals surface area contributed by atoms with E-state index in [9.17, 15) is 62.9 Å². The second-order valence-corrected chi connectivity index (χ2v) is 6.57. The fraction of sp³-hybridized carbons (Fsp3) is 0.333. The molecule has 0 unspecified atom stereocenters. The van der Waals surface area contributed by atoms with Crippen molar-refractivity contribution in [1.29, 1.82) is 0 Å². The topological polar surface area (TPSA) is 40.5 Å². The lowest BCUT2D eigenvalue weighted by Gasteiger charge is -2.33. The van der Waals surface area contributed by atoms with Gasteiger partial charge in [-0.1, -0.05) is 42.5 Å². The fourth-order valence-electron chi connectivity index (χ4n) is 2.80. The zero-order valence-corrected chi connectivity index (χ0v) is 15.0. The molecule has 0 saturated carbocycles. The first-order valence-corrected chi connectivity index (χ1v) is 8.11. The van der Waals surface area contributed by atoms with Gasteiger partial charge in [0.25, 0.3) is 11.2 Å². The van der Waals surface area contributed by atoms with Crippen molar-refractivity contribution in [3.8, 4) is 11.1 Å². The molecule has 0 bridgehead atoms. The number of alkyl halides is 12. The van der Waals surface area contributed by atoms with Gasteiger partial charge >= 0.3 is 24.7 Å². The highest BCUT2D eigenvalue weighted by Crippen LogP contribution is 2.51. The number of hydrogen-bond acceptors (Lipinski definition) is 2. The Balaban J connectivity index is 2.59. The molecule has 2 aromatic carbocycles. The van der Waals surface area contributed by atoms with Crippen molar-refractivity contribution in [2.24, 2.45) is 0 Å². The molecule has 0 aliphatic heterocycles. The van der Waals surface area contributed by atoms with E-state index in [1.54, 1.807) is 0 Å². The van der Waals surface area contributed by atoms with Crippen molar-refractivity contribution in [2.45, 2.75) is 35.9 Å². The predicted molar refractivity (Wildman–Crippen MR) is 83.9 cm³/mol. The molecule has 0 fully saturated rings. The quantitative estimate of drug-likeness (QED) is 0.525. The molecule has 32 heavy (non-hydrogen) atoms. The summed E-state index contributed by atoms with van der Waals surface area (Å²) in [5.74, 6) is 0. The van der Waals surface area contributed by atoms with E-state index in [0.29, 0.717) is 24.3 Å². The molecule has 0 radical (unpaired) electrons. The van der Waals surface area contributed by atoms with Crippen LogP contribution >= 0.6 is 0 Å². The molecule has 0 aliphatic rings. The fourth-order valence-corrected chi connectivity index (χ4v) is 2.80. The van der Waals surface area contributed by atoms with Crippen molar-refractivity contribution in [3.63, 3.8) is 0 Å². The molecular formula is C18H10F12O2. The van der Waals surface area contributed by atoms with E-state index < -0.39 is 58.2 Å². The van der Waals surface area contributed by atoms with Gasteiger partial charge in [-0.15, -0.1) is 0 Å². The third kappa shape index (κ3) is 4.00. The van der Waals surface area contributed by atoms with Crippen LogP contribution in [-0.2, 0) is 11.2 Å². The highest BCUT2D eigenvalue weighted by molar-refractivity contribution is 5.65. The van der Waals surface area contributed by atoms with Gasteiger partial charge in [0.15, 0.2) is 0 Å². The van der Waals surface area contributed by atoms with Crippen LogP contribution < -0.4 is 0 Å². The van der Waals surface area contributed by atoms with E-state index in [2.05, 4.69) is 0 Å². The second-order valence-electron chi connectivity index (χ2n) is 6.57. The molecule has 0 atom stereocenters. The van der Waals surface area contributed by atoms with Gasteiger partial charge in [0, 0.05) is 11.1 Å². The van der Waals surface area contributed by atoms with Crippen LogP contribution in [-0.4, -0.2) is 34.9 Å². The Kier molecular flexibility index (Phi) is 6.07. The molecule has 2 N–H and O–H groups in total. The third-order valence-electron chi connectivity index (χ3n) is 4.56. The van der Waals surface area contributed by atoms with Gasteiger partial charge in [-0.3, -0.25) is 0 Å². The predicted octanol–water partition coefficient (Wildman–Crippen LogP) is 5.98. The molecule has 0 spiro atoms. The maximum absolute atomic E-state index is 13.0. The van der Waals surface area contributed by atoms with Crippen molar-refractivity contribution >= 4 is 0 Å². The molecule has 0 saturated heterocycles. The van der Waals surface area contributed by atoms with Crippen molar-refractivity contribution in [1.82, 2.24) is 0 Å². The van der Waals surface area contributed by atoms with E-state index in [1.807, 2.05) is 0 Å². The van der Waals surface area contributed by atoms with Gasteiger partial charge < -0.3 is 10.2 Å². The van der Waals surface area contributed by atoms with E-state index in [0.717, 1.165) is 6.07 Å². The standard InChI is InChI=1S/C18H10F12O2/c19-15(20,21)13(31,16(22,23)24)11-6-4-9(5-7-11)10-2-1-3-12(8-10)14(32,17(25,26)27)18(28,29)30/h1-8,31-32H. The summed E-state index contributed by atoms with van der Waals surface area (Å²) in [6.45, 7) is 0. The van der Waals surface area contributed by atoms with E-state index >= 15 is 0 Å². The first kappa shape index (κ1) is 25.8. The highest BCUT2D eigenvalue weighted by Gasteiger charge is 2.72. The number of halogens is 12. The molecule has 2 aromatic rings. The SMILES string of the molecule is OC(c1ccc(-c2cccc(C(O)(C(F)(F)F)C(F)(F)F)c2)cc1)(C(F)(F)F)C(F)(F)F. The van der Waals surface area contributed by atoms with Crippen LogP contribution in [0.1, 0.15) is 11.1 Å². The number of hydrogen-bond donors (Lipinski definition) is 2. The summed E-state index contributed by atoms with van der Waals surface area (Å²) >= 11 is 0. The summed E-state index contributed by atoms with van der Waals surface area (Å²) in [7, 11) is 0. The van der Waals surface area contributed by atoms with Crippen LogP contribution in [0.5, 0.6) is 0 Å². The maximum Gasteiger partial charge on any atom is 0.430 e. The van der Waals surface area contributed by atoms with Crippen molar-refractivity contribution in [2.75, 3.05) is 0 Å². The largest absolute Gasteiger partial charge is 0.430 e. The van der Waals surface area contributed by atoms with Gasteiger partial charge in [-0.2, -0.15) is 52.7 Å². The monoisotopic (exact) mass is 486 g/mol. The van der Waals surface area contributed by atoms with Gasteiger partial charge in [0.2, 0.25) is 0 Å². The highest BCUT2D eigenvalue weighted by atomic mass is 19.4. The molecule has 0 heterocycles. The van der Waals surface area contributed by atoms with Crippen molar-refractivity contribution in [3.05, 3.63) is 59.7 Å². The minimum Gasteiger partial charge on any atom is -0.369 e. The first-order valence-electron chi connectivity index (χ1n) is 8.11. The maximum atomic E-state index is 13.0. The molecule has 0 aromatic heterocycles. The van der Waals surface area contributed by atoms with Crippen LogP contribution in [0.4, 0.5) is 52.7 Å². The van der Waals surface area contributed by atoms with Crippen LogP contribution in [0.3, 0.4) is 0 Å². The lowest BCUT2D eigenvalue weighted by atomic mass is 9.88. The summed E-state index contributed by atoms with van der Waals surface area (Å²) in [6, 6.07) is 3.49. The van der Waals surface area contributed by atoms with E-state index in [1.165, 1.54) is 0 Å². The van der Waals surface area contributed by atoms with Gasteiger partial charge in [-0.25, -0.2) is 0 Å². The zero-order valence-electron chi connectivity index (χ0n) is 15.0. The Labute approximate surface area is 170 Å². The average Bonchev–Trinajstić information content (AvgIpc) is 2.63. The smallest absolute Gasteiger partial charge is 0.369 e. The molecule has 2 rings (SSSR count). The molecule has 0 aliphatic carbocycles. The molecule has 2 nitrogen and oxygen atoms in total. The Morgan fingerprint density at radius 3 is 1.19 bits per heavy atom. The summed E-state index contributed by atoms with van der Waals surface area (Å²) < 4.78 is 156.